The second-order valence-corrected chi connectivity index (χ2v) is 4.34. The Labute approximate surface area is 96.9 Å². The van der Waals surface area contributed by atoms with Crippen molar-refractivity contribution in [3.63, 3.8) is 0 Å². The molecule has 0 spiro atoms. The summed E-state index contributed by atoms with van der Waals surface area (Å²) in [5.74, 6) is 2.86. The first-order chi connectivity index (χ1) is 7.83. The quantitative estimate of drug-likeness (QED) is 0.877. The highest BCUT2D eigenvalue weighted by Gasteiger charge is 2.10. The van der Waals surface area contributed by atoms with Crippen LogP contribution in [0.3, 0.4) is 0 Å². The SMILES string of the molecule is CCSCc1noc(-c2cc(C#N)c[nH]2)n1. The minimum absolute atomic E-state index is 0.424. The zero-order valence-electron chi connectivity index (χ0n) is 8.73. The zero-order chi connectivity index (χ0) is 11.4. The molecule has 2 aromatic heterocycles. The molecule has 0 aromatic carbocycles. The van der Waals surface area contributed by atoms with E-state index in [4.69, 9.17) is 9.78 Å². The van der Waals surface area contributed by atoms with E-state index in [0.717, 1.165) is 11.5 Å². The van der Waals surface area contributed by atoms with Crippen LogP contribution in [0.5, 0.6) is 0 Å². The minimum Gasteiger partial charge on any atom is -0.356 e. The lowest BCUT2D eigenvalue weighted by molar-refractivity contribution is 0.424. The maximum absolute atomic E-state index is 8.68. The monoisotopic (exact) mass is 234 g/mol. The molecule has 2 aromatic rings. The first kappa shape index (κ1) is 10.8. The summed E-state index contributed by atoms with van der Waals surface area (Å²) in [6, 6.07) is 3.72. The lowest BCUT2D eigenvalue weighted by Crippen LogP contribution is -1.84. The molecule has 5 nitrogen and oxygen atoms in total. The van der Waals surface area contributed by atoms with E-state index in [2.05, 4.69) is 22.0 Å². The molecule has 82 valence electrons. The van der Waals surface area contributed by atoms with Gasteiger partial charge in [0.05, 0.1) is 11.3 Å². The Hall–Kier alpha value is -1.74. The third-order valence-corrected chi connectivity index (χ3v) is 2.82. The van der Waals surface area contributed by atoms with Crippen molar-refractivity contribution in [1.82, 2.24) is 15.1 Å². The number of H-pyrrole nitrogens is 1. The van der Waals surface area contributed by atoms with Gasteiger partial charge in [-0.25, -0.2) is 0 Å². The van der Waals surface area contributed by atoms with E-state index in [9.17, 15) is 0 Å². The van der Waals surface area contributed by atoms with Crippen LogP contribution < -0.4 is 0 Å². The number of thioether (sulfide) groups is 1. The van der Waals surface area contributed by atoms with Gasteiger partial charge in [0.1, 0.15) is 11.8 Å². The van der Waals surface area contributed by atoms with Crippen LogP contribution in [0.2, 0.25) is 0 Å². The maximum Gasteiger partial charge on any atom is 0.274 e. The summed E-state index contributed by atoms with van der Waals surface area (Å²) in [4.78, 5) is 7.14. The fourth-order valence-corrected chi connectivity index (χ4v) is 1.70. The van der Waals surface area contributed by atoms with Crippen molar-refractivity contribution in [1.29, 1.82) is 5.26 Å². The molecule has 2 heterocycles. The molecule has 0 aliphatic carbocycles. The highest BCUT2D eigenvalue weighted by Crippen LogP contribution is 2.18. The van der Waals surface area contributed by atoms with Crippen LogP contribution in [0.1, 0.15) is 18.3 Å². The molecular weight excluding hydrogens is 224 g/mol. The maximum atomic E-state index is 8.68. The summed E-state index contributed by atoms with van der Waals surface area (Å²) in [7, 11) is 0. The molecule has 0 aliphatic heterocycles. The smallest absolute Gasteiger partial charge is 0.274 e. The molecule has 6 heteroatoms. The second kappa shape index (κ2) is 4.86. The lowest BCUT2D eigenvalue weighted by atomic mass is 10.3. The molecule has 0 radical (unpaired) electrons. The van der Waals surface area contributed by atoms with Crippen LogP contribution in [0.25, 0.3) is 11.6 Å². The van der Waals surface area contributed by atoms with Crippen LogP contribution in [-0.2, 0) is 5.75 Å². The van der Waals surface area contributed by atoms with Gasteiger partial charge >= 0.3 is 0 Å². The third kappa shape index (κ3) is 2.25. The average molecular weight is 234 g/mol. The number of nitrogens with zero attached hydrogens (tertiary/aromatic N) is 3. The molecule has 0 amide bonds. The van der Waals surface area contributed by atoms with Gasteiger partial charge in [-0.15, -0.1) is 0 Å². The molecule has 0 atom stereocenters. The van der Waals surface area contributed by atoms with Gasteiger partial charge in [0.2, 0.25) is 0 Å². The predicted molar refractivity (Wildman–Crippen MR) is 60.6 cm³/mol. The molecule has 0 saturated heterocycles. The van der Waals surface area contributed by atoms with Crippen molar-refractivity contribution in [2.24, 2.45) is 0 Å². The molecule has 0 unspecified atom stereocenters. The van der Waals surface area contributed by atoms with Gasteiger partial charge < -0.3 is 9.51 Å². The molecule has 0 fully saturated rings. The number of nitrogens with one attached hydrogen (secondary N) is 1. The van der Waals surface area contributed by atoms with Gasteiger partial charge in [-0.3, -0.25) is 0 Å². The summed E-state index contributed by atoms with van der Waals surface area (Å²) in [6.45, 7) is 2.08. The Morgan fingerprint density at radius 2 is 2.50 bits per heavy atom. The van der Waals surface area contributed by atoms with E-state index < -0.39 is 0 Å². The summed E-state index contributed by atoms with van der Waals surface area (Å²) in [6.07, 6.45) is 1.61. The van der Waals surface area contributed by atoms with Crippen LogP contribution in [0.4, 0.5) is 0 Å². The molecular formula is C10H10N4OS. The summed E-state index contributed by atoms with van der Waals surface area (Å²) < 4.78 is 5.09. The van der Waals surface area contributed by atoms with Crippen LogP contribution in [-0.4, -0.2) is 20.9 Å². The second-order valence-electron chi connectivity index (χ2n) is 3.07. The zero-order valence-corrected chi connectivity index (χ0v) is 9.54. The van der Waals surface area contributed by atoms with E-state index in [-0.39, 0.29) is 0 Å². The fraction of sp³-hybridized carbons (Fsp3) is 0.300. The van der Waals surface area contributed by atoms with Crippen LogP contribution in [0.15, 0.2) is 16.8 Å². The van der Waals surface area contributed by atoms with Crippen molar-refractivity contribution in [2.75, 3.05) is 5.75 Å². The Balaban J connectivity index is 2.15. The number of nitriles is 1. The highest BCUT2D eigenvalue weighted by atomic mass is 32.2. The Morgan fingerprint density at radius 3 is 3.19 bits per heavy atom. The van der Waals surface area contributed by atoms with Gasteiger partial charge in [0.25, 0.3) is 5.89 Å². The number of aromatic amines is 1. The van der Waals surface area contributed by atoms with Gasteiger partial charge in [0.15, 0.2) is 5.82 Å². The minimum atomic E-state index is 0.424. The standard InChI is InChI=1S/C10H10N4OS/c1-2-16-6-9-13-10(15-14-9)8-3-7(4-11)5-12-8/h3,5,12H,2,6H2,1H3. The van der Waals surface area contributed by atoms with Gasteiger partial charge in [-0.2, -0.15) is 22.0 Å². The van der Waals surface area contributed by atoms with Gasteiger partial charge in [-0.1, -0.05) is 12.1 Å². The highest BCUT2D eigenvalue weighted by molar-refractivity contribution is 7.98. The molecule has 0 bridgehead atoms. The molecule has 0 aliphatic rings. The van der Waals surface area contributed by atoms with E-state index in [1.807, 2.05) is 6.07 Å². The van der Waals surface area contributed by atoms with Crippen LogP contribution >= 0.6 is 11.8 Å². The lowest BCUT2D eigenvalue weighted by Gasteiger charge is -1.88. The summed E-state index contributed by atoms with van der Waals surface area (Å²) >= 11 is 1.73. The number of hydrogen-bond donors (Lipinski definition) is 1. The van der Waals surface area contributed by atoms with Gasteiger partial charge in [0, 0.05) is 6.20 Å². The van der Waals surface area contributed by atoms with Crippen molar-refractivity contribution in [2.45, 2.75) is 12.7 Å². The van der Waals surface area contributed by atoms with E-state index in [1.54, 1.807) is 24.0 Å². The molecule has 2 rings (SSSR count). The average Bonchev–Trinajstić information content (AvgIpc) is 2.94. The van der Waals surface area contributed by atoms with E-state index in [1.165, 1.54) is 0 Å². The van der Waals surface area contributed by atoms with Crippen molar-refractivity contribution in [3.8, 4) is 17.7 Å². The largest absolute Gasteiger partial charge is 0.356 e. The van der Waals surface area contributed by atoms with Crippen molar-refractivity contribution >= 4 is 11.8 Å². The topological polar surface area (TPSA) is 78.5 Å². The van der Waals surface area contributed by atoms with E-state index >= 15 is 0 Å². The molecule has 0 saturated carbocycles. The first-order valence-electron chi connectivity index (χ1n) is 4.82. The Morgan fingerprint density at radius 1 is 1.62 bits per heavy atom. The van der Waals surface area contributed by atoms with E-state index in [0.29, 0.717) is 23.0 Å². The number of aromatic nitrogens is 3. The third-order valence-electron chi connectivity index (χ3n) is 1.95. The fourth-order valence-electron chi connectivity index (χ4n) is 1.20. The predicted octanol–water partition coefficient (Wildman–Crippen LogP) is 2.19. The number of rotatable bonds is 4. The van der Waals surface area contributed by atoms with Crippen molar-refractivity contribution in [3.05, 3.63) is 23.7 Å². The molecule has 16 heavy (non-hydrogen) atoms. The summed E-state index contributed by atoms with van der Waals surface area (Å²) in [5, 5.41) is 12.5. The number of hydrogen-bond acceptors (Lipinski definition) is 5. The van der Waals surface area contributed by atoms with Crippen molar-refractivity contribution < 1.29 is 4.52 Å². The normalized spacial score (nSPS) is 10.2. The Bertz CT molecular complexity index is 511. The van der Waals surface area contributed by atoms with Crippen LogP contribution in [0, 0.1) is 11.3 Å². The molecule has 1 N–H and O–H groups in total. The van der Waals surface area contributed by atoms with Gasteiger partial charge in [-0.05, 0) is 11.8 Å². The first-order valence-corrected chi connectivity index (χ1v) is 5.98. The Kier molecular flexibility index (Phi) is 3.27. The summed E-state index contributed by atoms with van der Waals surface area (Å²) in [5.41, 5.74) is 1.23.